The Hall–Kier alpha value is -2.07. The molecule has 0 saturated heterocycles. The topological polar surface area (TPSA) is 40.7 Å². The van der Waals surface area contributed by atoms with E-state index in [2.05, 4.69) is 15.3 Å². The smallest absolute Gasteiger partial charge is 0.201 e. The van der Waals surface area contributed by atoms with Crippen LogP contribution in [0.25, 0.3) is 11.0 Å². The number of nitrogens with zero attached hydrogens (tertiary/aromatic N) is 1. The molecule has 0 aliphatic heterocycles. The first-order chi connectivity index (χ1) is 9.70. The Kier molecular flexibility index (Phi) is 3.56. The summed E-state index contributed by atoms with van der Waals surface area (Å²) in [6, 6.07) is 12.0. The molecule has 0 amide bonds. The molecule has 1 aromatic heterocycles. The molecular formula is C15H13ClFN3. The summed E-state index contributed by atoms with van der Waals surface area (Å²) in [5.41, 5.74) is 2.86. The molecule has 1 heterocycles. The minimum absolute atomic E-state index is 0.212. The fraction of sp³-hybridized carbons (Fsp3) is 0.133. The lowest BCUT2D eigenvalue weighted by molar-refractivity contribution is 0.627. The molecule has 3 rings (SSSR count). The molecular weight excluding hydrogens is 277 g/mol. The Bertz CT molecular complexity index is 722. The zero-order chi connectivity index (χ0) is 13.9. The van der Waals surface area contributed by atoms with Crippen LogP contribution in [0.2, 0.25) is 5.02 Å². The summed E-state index contributed by atoms with van der Waals surface area (Å²) in [6.07, 6.45) is 0.804. The fourth-order valence-corrected chi connectivity index (χ4v) is 2.21. The standard InChI is InChI=1S/C15H13ClFN3/c16-11-3-6-13-14(9-11)20-15(19-13)18-8-7-10-1-4-12(17)5-2-10/h1-6,9H,7-8H2,(H2,18,19,20). The Labute approximate surface area is 120 Å². The predicted octanol–water partition coefficient (Wildman–Crippen LogP) is 4.01. The SMILES string of the molecule is Fc1ccc(CCNc2nc3ccc(Cl)cc3[nH]2)cc1. The summed E-state index contributed by atoms with van der Waals surface area (Å²) >= 11 is 5.93. The van der Waals surface area contributed by atoms with Gasteiger partial charge in [-0.05, 0) is 42.3 Å². The third-order valence-electron chi connectivity index (χ3n) is 3.06. The molecule has 2 N–H and O–H groups in total. The van der Waals surface area contributed by atoms with Crippen LogP contribution in [-0.4, -0.2) is 16.5 Å². The van der Waals surface area contributed by atoms with Crippen LogP contribution in [0.4, 0.5) is 10.3 Å². The number of nitrogens with one attached hydrogen (secondary N) is 2. The zero-order valence-electron chi connectivity index (χ0n) is 10.7. The van der Waals surface area contributed by atoms with Crippen molar-refractivity contribution in [1.29, 1.82) is 0 Å². The summed E-state index contributed by atoms with van der Waals surface area (Å²) in [4.78, 5) is 7.58. The number of halogens is 2. The number of fused-ring (bicyclic) bond motifs is 1. The molecule has 3 nitrogen and oxygen atoms in total. The van der Waals surface area contributed by atoms with Gasteiger partial charge in [0.1, 0.15) is 5.82 Å². The van der Waals surface area contributed by atoms with Crippen molar-refractivity contribution in [3.8, 4) is 0 Å². The van der Waals surface area contributed by atoms with Gasteiger partial charge in [-0.1, -0.05) is 23.7 Å². The second-order valence-corrected chi connectivity index (χ2v) is 4.99. The van der Waals surface area contributed by atoms with Crippen LogP contribution in [0.15, 0.2) is 42.5 Å². The number of H-pyrrole nitrogens is 1. The lowest BCUT2D eigenvalue weighted by atomic mass is 10.1. The maximum atomic E-state index is 12.8. The van der Waals surface area contributed by atoms with Gasteiger partial charge in [0.2, 0.25) is 5.95 Å². The number of anilines is 1. The minimum atomic E-state index is -0.212. The normalized spacial score (nSPS) is 10.9. The average Bonchev–Trinajstić information content (AvgIpc) is 2.83. The van der Waals surface area contributed by atoms with Crippen molar-refractivity contribution in [2.45, 2.75) is 6.42 Å². The van der Waals surface area contributed by atoms with Crippen LogP contribution in [0.1, 0.15) is 5.56 Å². The molecule has 2 aromatic carbocycles. The van der Waals surface area contributed by atoms with Crippen molar-refractivity contribution in [2.75, 3.05) is 11.9 Å². The maximum Gasteiger partial charge on any atom is 0.201 e. The average molecular weight is 290 g/mol. The highest BCUT2D eigenvalue weighted by Crippen LogP contribution is 2.18. The zero-order valence-corrected chi connectivity index (χ0v) is 11.4. The van der Waals surface area contributed by atoms with Crippen molar-refractivity contribution in [3.05, 3.63) is 58.9 Å². The number of rotatable bonds is 4. The first kappa shape index (κ1) is 12.9. The van der Waals surface area contributed by atoms with E-state index in [1.807, 2.05) is 18.2 Å². The highest BCUT2D eigenvalue weighted by molar-refractivity contribution is 6.31. The summed E-state index contributed by atoms with van der Waals surface area (Å²) < 4.78 is 12.8. The number of aromatic nitrogens is 2. The largest absolute Gasteiger partial charge is 0.355 e. The van der Waals surface area contributed by atoms with Crippen LogP contribution in [0, 0.1) is 5.82 Å². The fourth-order valence-electron chi connectivity index (χ4n) is 2.04. The van der Waals surface area contributed by atoms with Crippen molar-refractivity contribution < 1.29 is 4.39 Å². The van der Waals surface area contributed by atoms with Crippen molar-refractivity contribution in [2.24, 2.45) is 0 Å². The molecule has 5 heteroatoms. The maximum absolute atomic E-state index is 12.8. The van der Waals surface area contributed by atoms with Crippen LogP contribution in [-0.2, 0) is 6.42 Å². The second kappa shape index (κ2) is 5.51. The van der Waals surface area contributed by atoms with Crippen molar-refractivity contribution >= 4 is 28.6 Å². The first-order valence-corrected chi connectivity index (χ1v) is 6.72. The molecule has 0 fully saturated rings. The number of hydrogen-bond donors (Lipinski definition) is 2. The van der Waals surface area contributed by atoms with Gasteiger partial charge in [-0.15, -0.1) is 0 Å². The second-order valence-electron chi connectivity index (χ2n) is 4.55. The Morgan fingerprint density at radius 3 is 2.75 bits per heavy atom. The van der Waals surface area contributed by atoms with Gasteiger partial charge < -0.3 is 10.3 Å². The van der Waals surface area contributed by atoms with Gasteiger partial charge in [-0.25, -0.2) is 9.37 Å². The monoisotopic (exact) mass is 289 g/mol. The van der Waals surface area contributed by atoms with E-state index in [1.54, 1.807) is 12.1 Å². The molecule has 0 radical (unpaired) electrons. The summed E-state index contributed by atoms with van der Waals surface area (Å²) in [5.74, 6) is 0.500. The minimum Gasteiger partial charge on any atom is -0.355 e. The number of benzene rings is 2. The van der Waals surface area contributed by atoms with E-state index < -0.39 is 0 Å². The van der Waals surface area contributed by atoms with Crippen LogP contribution in [0.3, 0.4) is 0 Å². The molecule has 0 saturated carbocycles. The van der Waals surface area contributed by atoms with Crippen LogP contribution >= 0.6 is 11.6 Å². The van der Waals surface area contributed by atoms with Gasteiger partial charge in [0.25, 0.3) is 0 Å². The van der Waals surface area contributed by atoms with Gasteiger partial charge in [0, 0.05) is 11.6 Å². The summed E-state index contributed by atoms with van der Waals surface area (Å²) in [7, 11) is 0. The highest BCUT2D eigenvalue weighted by Gasteiger charge is 2.02. The van der Waals surface area contributed by atoms with E-state index in [-0.39, 0.29) is 5.82 Å². The van der Waals surface area contributed by atoms with Gasteiger partial charge in [0.15, 0.2) is 0 Å². The van der Waals surface area contributed by atoms with E-state index in [9.17, 15) is 4.39 Å². The molecule has 0 aliphatic carbocycles. The van der Waals surface area contributed by atoms with Gasteiger partial charge >= 0.3 is 0 Å². The van der Waals surface area contributed by atoms with Gasteiger partial charge in [-0.3, -0.25) is 0 Å². The molecule has 0 aliphatic rings. The first-order valence-electron chi connectivity index (χ1n) is 6.34. The lowest BCUT2D eigenvalue weighted by Gasteiger charge is -2.02. The van der Waals surface area contributed by atoms with Gasteiger partial charge in [0.05, 0.1) is 11.0 Å². The molecule has 0 bridgehead atoms. The van der Waals surface area contributed by atoms with E-state index in [4.69, 9.17) is 11.6 Å². The summed E-state index contributed by atoms with van der Waals surface area (Å²) in [6.45, 7) is 0.721. The van der Waals surface area contributed by atoms with E-state index >= 15 is 0 Å². The highest BCUT2D eigenvalue weighted by atomic mass is 35.5. The Morgan fingerprint density at radius 2 is 1.95 bits per heavy atom. The van der Waals surface area contributed by atoms with Gasteiger partial charge in [-0.2, -0.15) is 0 Å². The van der Waals surface area contributed by atoms with Crippen LogP contribution in [0.5, 0.6) is 0 Å². The molecule has 0 unspecified atom stereocenters. The number of imidazole rings is 1. The van der Waals surface area contributed by atoms with E-state index in [0.29, 0.717) is 11.0 Å². The molecule has 20 heavy (non-hydrogen) atoms. The molecule has 0 spiro atoms. The van der Waals surface area contributed by atoms with E-state index in [1.165, 1.54) is 12.1 Å². The summed E-state index contributed by atoms with van der Waals surface area (Å²) in [5, 5.41) is 3.89. The Balaban J connectivity index is 1.63. The number of hydrogen-bond acceptors (Lipinski definition) is 2. The molecule has 3 aromatic rings. The van der Waals surface area contributed by atoms with Crippen molar-refractivity contribution in [1.82, 2.24) is 9.97 Å². The molecule has 102 valence electrons. The third kappa shape index (κ3) is 2.91. The van der Waals surface area contributed by atoms with Crippen LogP contribution < -0.4 is 5.32 Å². The third-order valence-corrected chi connectivity index (χ3v) is 3.30. The lowest BCUT2D eigenvalue weighted by Crippen LogP contribution is -2.05. The predicted molar refractivity (Wildman–Crippen MR) is 79.7 cm³/mol. The van der Waals surface area contributed by atoms with Crippen molar-refractivity contribution in [3.63, 3.8) is 0 Å². The quantitative estimate of drug-likeness (QED) is 0.762. The molecule has 0 atom stereocenters. The van der Waals surface area contributed by atoms with E-state index in [0.717, 1.165) is 29.6 Å². The number of aromatic amines is 1. The Morgan fingerprint density at radius 1 is 1.15 bits per heavy atom.